The molecule has 2 atom stereocenters. The van der Waals surface area contributed by atoms with Gasteiger partial charge < -0.3 is 5.11 Å². The molecule has 2 unspecified atom stereocenters. The summed E-state index contributed by atoms with van der Waals surface area (Å²) in [5.74, 6) is 0.214. The molecule has 2 rings (SSSR count). The van der Waals surface area contributed by atoms with Crippen molar-refractivity contribution in [3.05, 3.63) is 35.9 Å². The highest BCUT2D eigenvalue weighted by molar-refractivity contribution is 5.82. The Morgan fingerprint density at radius 3 is 2.63 bits per heavy atom. The van der Waals surface area contributed by atoms with E-state index in [1.54, 1.807) is 0 Å². The Hall–Kier alpha value is -1.19. The fourth-order valence-corrected chi connectivity index (χ4v) is 2.88. The average molecular weight is 261 g/mol. The van der Waals surface area contributed by atoms with Crippen molar-refractivity contribution in [1.29, 1.82) is 0 Å². The summed E-state index contributed by atoms with van der Waals surface area (Å²) in [5, 5.41) is 9.99. The van der Waals surface area contributed by atoms with Crippen LogP contribution in [0.3, 0.4) is 0 Å². The normalized spacial score (nSPS) is 23.5. The summed E-state index contributed by atoms with van der Waals surface area (Å²) < 4.78 is 0. The molecule has 1 aromatic rings. The number of likely N-dealkylation sites (N-methyl/N-ethyl adjacent to an activating group) is 1. The minimum atomic E-state index is -0.275. The number of ketones is 1. The van der Waals surface area contributed by atoms with Gasteiger partial charge in [-0.05, 0) is 25.5 Å². The molecule has 1 saturated carbocycles. The van der Waals surface area contributed by atoms with Crippen molar-refractivity contribution in [1.82, 2.24) is 4.90 Å². The van der Waals surface area contributed by atoms with Gasteiger partial charge in [0.25, 0.3) is 0 Å². The van der Waals surface area contributed by atoms with Crippen LogP contribution in [0.15, 0.2) is 30.3 Å². The van der Waals surface area contributed by atoms with Crippen LogP contribution in [0.5, 0.6) is 0 Å². The van der Waals surface area contributed by atoms with Gasteiger partial charge in [0, 0.05) is 12.5 Å². The van der Waals surface area contributed by atoms with Crippen LogP contribution >= 0.6 is 0 Å². The number of aliphatic hydroxyl groups is 1. The molecule has 104 valence electrons. The van der Waals surface area contributed by atoms with Crippen molar-refractivity contribution >= 4 is 5.78 Å². The second-order valence-electron chi connectivity index (χ2n) is 5.54. The summed E-state index contributed by atoms with van der Waals surface area (Å²) in [5.41, 5.74) is 1.06. The van der Waals surface area contributed by atoms with Crippen LogP contribution in [0, 0.1) is 0 Å². The van der Waals surface area contributed by atoms with Gasteiger partial charge in [0.2, 0.25) is 0 Å². The Kier molecular flexibility index (Phi) is 5.11. The molecule has 0 saturated heterocycles. The Bertz CT molecular complexity index is 404. The molecule has 19 heavy (non-hydrogen) atoms. The predicted molar refractivity (Wildman–Crippen MR) is 76.0 cm³/mol. The quantitative estimate of drug-likeness (QED) is 0.881. The molecule has 3 nitrogen and oxygen atoms in total. The Labute approximate surface area is 115 Å². The van der Waals surface area contributed by atoms with E-state index in [0.29, 0.717) is 13.0 Å². The minimum absolute atomic E-state index is 0.147. The van der Waals surface area contributed by atoms with Crippen molar-refractivity contribution in [2.24, 2.45) is 0 Å². The van der Waals surface area contributed by atoms with Gasteiger partial charge in [0.1, 0.15) is 0 Å². The Morgan fingerprint density at radius 1 is 1.26 bits per heavy atom. The van der Waals surface area contributed by atoms with Crippen molar-refractivity contribution in [3.63, 3.8) is 0 Å². The second kappa shape index (κ2) is 6.83. The highest BCUT2D eigenvalue weighted by Crippen LogP contribution is 2.22. The number of rotatable bonds is 5. The van der Waals surface area contributed by atoms with Crippen molar-refractivity contribution in [2.75, 3.05) is 13.6 Å². The Morgan fingerprint density at radius 2 is 1.95 bits per heavy atom. The third kappa shape index (κ3) is 4.15. The lowest BCUT2D eigenvalue weighted by atomic mass is 9.91. The predicted octanol–water partition coefficient (Wildman–Crippen LogP) is 2.03. The summed E-state index contributed by atoms with van der Waals surface area (Å²) in [4.78, 5) is 14.1. The number of aliphatic hydroxyl groups excluding tert-OH is 1. The number of hydrogen-bond donors (Lipinski definition) is 1. The number of carbonyl (C=O) groups is 1. The fraction of sp³-hybridized carbons (Fsp3) is 0.562. The van der Waals surface area contributed by atoms with E-state index in [-0.39, 0.29) is 17.9 Å². The maximum absolute atomic E-state index is 12.0. The molecule has 3 heteroatoms. The number of Topliss-reactive ketones (excluding diaryl/α,β-unsaturated/α-hetero) is 1. The summed E-state index contributed by atoms with van der Waals surface area (Å²) in [7, 11) is 1.95. The van der Waals surface area contributed by atoms with Crippen LogP contribution in [-0.2, 0) is 11.2 Å². The maximum Gasteiger partial charge on any atom is 0.151 e. The van der Waals surface area contributed by atoms with E-state index in [2.05, 4.69) is 0 Å². The summed E-state index contributed by atoms with van der Waals surface area (Å²) in [6.45, 7) is 0.427. The van der Waals surface area contributed by atoms with Crippen LogP contribution in [0.2, 0.25) is 0 Å². The van der Waals surface area contributed by atoms with E-state index in [1.165, 1.54) is 0 Å². The van der Waals surface area contributed by atoms with E-state index in [4.69, 9.17) is 0 Å². The lowest BCUT2D eigenvalue weighted by Crippen LogP contribution is -2.45. The zero-order valence-corrected chi connectivity index (χ0v) is 11.6. The lowest BCUT2D eigenvalue weighted by molar-refractivity contribution is -0.120. The second-order valence-corrected chi connectivity index (χ2v) is 5.54. The van der Waals surface area contributed by atoms with Gasteiger partial charge >= 0.3 is 0 Å². The largest absolute Gasteiger partial charge is 0.391 e. The van der Waals surface area contributed by atoms with Crippen molar-refractivity contribution < 1.29 is 9.90 Å². The molecule has 1 fully saturated rings. The van der Waals surface area contributed by atoms with Gasteiger partial charge in [-0.2, -0.15) is 0 Å². The molecule has 0 amide bonds. The first-order valence-corrected chi connectivity index (χ1v) is 7.11. The van der Waals surface area contributed by atoms with Crippen LogP contribution in [0.4, 0.5) is 0 Å². The molecular weight excluding hydrogens is 238 g/mol. The molecule has 0 spiro atoms. The van der Waals surface area contributed by atoms with Crippen LogP contribution in [-0.4, -0.2) is 41.5 Å². The number of carbonyl (C=O) groups excluding carboxylic acids is 1. The molecule has 1 aliphatic rings. The highest BCUT2D eigenvalue weighted by atomic mass is 16.3. The lowest BCUT2D eigenvalue weighted by Gasteiger charge is -2.34. The highest BCUT2D eigenvalue weighted by Gasteiger charge is 2.27. The van der Waals surface area contributed by atoms with Crippen molar-refractivity contribution in [3.8, 4) is 0 Å². The van der Waals surface area contributed by atoms with Crippen LogP contribution < -0.4 is 0 Å². The zero-order valence-electron chi connectivity index (χ0n) is 11.6. The van der Waals surface area contributed by atoms with Gasteiger partial charge in [0.05, 0.1) is 12.6 Å². The number of hydrogen-bond acceptors (Lipinski definition) is 3. The molecule has 1 aliphatic carbocycles. The topological polar surface area (TPSA) is 40.5 Å². The molecule has 0 heterocycles. The average Bonchev–Trinajstić information content (AvgIpc) is 2.40. The zero-order chi connectivity index (χ0) is 13.7. The van der Waals surface area contributed by atoms with Gasteiger partial charge in [0.15, 0.2) is 5.78 Å². The molecule has 0 bridgehead atoms. The van der Waals surface area contributed by atoms with Gasteiger partial charge in [-0.3, -0.25) is 9.69 Å². The SMILES string of the molecule is CN(CC(=O)Cc1ccccc1)C1CCCCC1O. The molecule has 0 aromatic heterocycles. The molecule has 0 radical (unpaired) electrons. The molecule has 1 N–H and O–H groups in total. The molecular formula is C16H23NO2. The van der Waals surface area contributed by atoms with Crippen LogP contribution in [0.25, 0.3) is 0 Å². The van der Waals surface area contributed by atoms with Gasteiger partial charge in [-0.25, -0.2) is 0 Å². The molecule has 0 aliphatic heterocycles. The molecule has 1 aromatic carbocycles. The monoisotopic (exact) mass is 261 g/mol. The number of benzene rings is 1. The third-order valence-electron chi connectivity index (χ3n) is 3.93. The first-order chi connectivity index (χ1) is 9.16. The van der Waals surface area contributed by atoms with Gasteiger partial charge in [-0.15, -0.1) is 0 Å². The van der Waals surface area contributed by atoms with E-state index in [1.807, 2.05) is 42.3 Å². The summed E-state index contributed by atoms with van der Waals surface area (Å²) in [6, 6.07) is 9.97. The maximum atomic E-state index is 12.0. The summed E-state index contributed by atoms with van der Waals surface area (Å²) >= 11 is 0. The van der Waals surface area contributed by atoms with E-state index >= 15 is 0 Å². The number of nitrogens with zero attached hydrogens (tertiary/aromatic N) is 1. The minimum Gasteiger partial charge on any atom is -0.391 e. The standard InChI is InChI=1S/C16H23NO2/c1-17(15-9-5-6-10-16(15)19)12-14(18)11-13-7-3-2-4-8-13/h2-4,7-8,15-16,19H,5-6,9-12H2,1H3. The Balaban J connectivity index is 1.84. The van der Waals surface area contributed by atoms with E-state index in [0.717, 1.165) is 31.2 Å². The third-order valence-corrected chi connectivity index (χ3v) is 3.93. The smallest absolute Gasteiger partial charge is 0.151 e. The fourth-order valence-electron chi connectivity index (χ4n) is 2.88. The van der Waals surface area contributed by atoms with Crippen molar-refractivity contribution in [2.45, 2.75) is 44.2 Å². The first-order valence-electron chi connectivity index (χ1n) is 7.11. The first kappa shape index (κ1) is 14.2. The van der Waals surface area contributed by atoms with Crippen LogP contribution in [0.1, 0.15) is 31.2 Å². The van der Waals surface area contributed by atoms with E-state index < -0.39 is 0 Å². The van der Waals surface area contributed by atoms with Gasteiger partial charge in [-0.1, -0.05) is 43.2 Å². The van der Waals surface area contributed by atoms with E-state index in [9.17, 15) is 9.90 Å². The summed E-state index contributed by atoms with van der Waals surface area (Å²) in [6.07, 6.45) is 4.32.